The van der Waals surface area contributed by atoms with Gasteiger partial charge in [0.05, 0.1) is 0 Å². The Morgan fingerprint density at radius 3 is 2.45 bits per heavy atom. The molecule has 2 rings (SSSR count). The lowest BCUT2D eigenvalue weighted by molar-refractivity contribution is 0.203. The Balaban J connectivity index is 2.13. The maximum Gasteiger partial charge on any atom is 0.411 e. The highest BCUT2D eigenvalue weighted by Crippen LogP contribution is 2.16. The van der Waals surface area contributed by atoms with Gasteiger partial charge in [-0.25, -0.2) is 4.79 Å². The van der Waals surface area contributed by atoms with Crippen molar-refractivity contribution in [3.63, 3.8) is 0 Å². The Labute approximate surface area is 130 Å². The molecule has 0 atom stereocenters. The number of carbonyl (C=O) groups is 1. The molecule has 0 aliphatic rings. The zero-order valence-corrected chi connectivity index (χ0v) is 13.0. The molecule has 1 N–H and O–H groups in total. The summed E-state index contributed by atoms with van der Waals surface area (Å²) in [4.78, 5) is 16.1. The Kier molecular flexibility index (Phi) is 4.73. The third-order valence-electron chi connectivity index (χ3n) is 2.79. The summed E-state index contributed by atoms with van der Waals surface area (Å²) in [5, 5.41) is 8.89. The predicted octanol–water partition coefficient (Wildman–Crippen LogP) is 3.97. The molecule has 0 aliphatic heterocycles. The van der Waals surface area contributed by atoms with Crippen LogP contribution in [0.3, 0.4) is 0 Å². The van der Waals surface area contributed by atoms with Gasteiger partial charge >= 0.3 is 6.09 Å². The van der Waals surface area contributed by atoms with Crippen LogP contribution < -0.4 is 4.90 Å². The molecule has 0 unspecified atom stereocenters. The maximum atomic E-state index is 10.8. The van der Waals surface area contributed by atoms with Crippen LogP contribution in [-0.2, 0) is 0 Å². The minimum Gasteiger partial charge on any atom is -0.465 e. The average molecular weight is 380 g/mol. The van der Waals surface area contributed by atoms with Crippen molar-refractivity contribution >= 4 is 46.5 Å². The largest absolute Gasteiger partial charge is 0.465 e. The van der Waals surface area contributed by atoms with Crippen molar-refractivity contribution in [3.8, 4) is 0 Å². The third kappa shape index (κ3) is 3.80. The molecule has 0 radical (unpaired) electrons. The molecule has 2 aromatic rings. The van der Waals surface area contributed by atoms with Crippen LogP contribution in [0.5, 0.6) is 0 Å². The van der Waals surface area contributed by atoms with Crippen LogP contribution in [0.2, 0.25) is 0 Å². The Morgan fingerprint density at radius 1 is 1.20 bits per heavy atom. The molecule has 0 fully saturated rings. The monoisotopic (exact) mass is 380 g/mol. The Bertz CT molecular complexity index is 639. The molecule has 0 saturated carbocycles. The van der Waals surface area contributed by atoms with Gasteiger partial charge in [0.1, 0.15) is 3.70 Å². The molecule has 0 spiro atoms. The quantitative estimate of drug-likeness (QED) is 0.648. The fourth-order valence-corrected chi connectivity index (χ4v) is 2.15. The normalized spacial score (nSPS) is 10.7. The van der Waals surface area contributed by atoms with Gasteiger partial charge in [-0.05, 0) is 58.0 Å². The lowest BCUT2D eigenvalue weighted by Crippen LogP contribution is -2.23. The van der Waals surface area contributed by atoms with Gasteiger partial charge in [0.15, 0.2) is 0 Å². The number of halogens is 1. The summed E-state index contributed by atoms with van der Waals surface area (Å²) in [5.74, 6) is 0. The van der Waals surface area contributed by atoms with Crippen molar-refractivity contribution < 1.29 is 9.90 Å². The Morgan fingerprint density at radius 2 is 1.85 bits per heavy atom. The molecule has 1 aromatic heterocycles. The van der Waals surface area contributed by atoms with E-state index >= 15 is 0 Å². The number of benzene rings is 1. The number of nitrogens with zero attached hydrogens (tertiary/aromatic N) is 2. The number of amides is 1. The summed E-state index contributed by atoms with van der Waals surface area (Å²) in [5.41, 5.74) is 2.74. The number of anilines is 1. The molecular formula is C15H13IN2O2. The summed E-state index contributed by atoms with van der Waals surface area (Å²) in [6.45, 7) is 0. The van der Waals surface area contributed by atoms with E-state index in [4.69, 9.17) is 5.11 Å². The molecule has 5 heteroatoms. The van der Waals surface area contributed by atoms with Gasteiger partial charge < -0.3 is 5.11 Å². The zero-order chi connectivity index (χ0) is 14.5. The molecule has 4 nitrogen and oxygen atoms in total. The smallest absolute Gasteiger partial charge is 0.411 e. The van der Waals surface area contributed by atoms with E-state index in [0.717, 1.165) is 14.8 Å². The van der Waals surface area contributed by atoms with E-state index in [1.54, 1.807) is 18.3 Å². The van der Waals surface area contributed by atoms with Crippen LogP contribution in [0.4, 0.5) is 10.5 Å². The standard InChI is InChI=1S/C15H13IN2O2/c1-18(15(19)20)13-6-4-11(5-7-13)2-3-12-8-9-17-14(16)10-12/h2-10H,1H3,(H,19,20)/b3-2+. The summed E-state index contributed by atoms with van der Waals surface area (Å²) in [6.07, 6.45) is 4.78. The lowest BCUT2D eigenvalue weighted by atomic mass is 10.1. The van der Waals surface area contributed by atoms with Gasteiger partial charge in [0.2, 0.25) is 0 Å². The molecule has 1 amide bonds. The lowest BCUT2D eigenvalue weighted by Gasteiger charge is -2.12. The van der Waals surface area contributed by atoms with Gasteiger partial charge in [0, 0.05) is 18.9 Å². The van der Waals surface area contributed by atoms with E-state index in [2.05, 4.69) is 27.6 Å². The number of aromatic nitrogens is 1. The van der Waals surface area contributed by atoms with Crippen molar-refractivity contribution in [3.05, 3.63) is 57.4 Å². The van der Waals surface area contributed by atoms with Gasteiger partial charge in [-0.15, -0.1) is 0 Å². The van der Waals surface area contributed by atoms with Crippen LogP contribution in [-0.4, -0.2) is 23.2 Å². The highest BCUT2D eigenvalue weighted by atomic mass is 127. The van der Waals surface area contributed by atoms with Crippen molar-refractivity contribution in [2.24, 2.45) is 0 Å². The molecule has 0 aliphatic carbocycles. The van der Waals surface area contributed by atoms with Crippen LogP contribution in [0.1, 0.15) is 11.1 Å². The van der Waals surface area contributed by atoms with E-state index in [1.165, 1.54) is 11.9 Å². The molecule has 0 saturated heterocycles. The summed E-state index contributed by atoms with van der Waals surface area (Å²) in [7, 11) is 1.52. The topological polar surface area (TPSA) is 53.4 Å². The van der Waals surface area contributed by atoms with E-state index in [-0.39, 0.29) is 0 Å². The first-order chi connectivity index (χ1) is 9.56. The number of hydrogen-bond donors (Lipinski definition) is 1. The van der Waals surface area contributed by atoms with Crippen molar-refractivity contribution in [1.82, 2.24) is 4.98 Å². The Hall–Kier alpha value is -1.89. The average Bonchev–Trinajstić information content (AvgIpc) is 2.45. The van der Waals surface area contributed by atoms with Gasteiger partial charge in [-0.2, -0.15) is 0 Å². The SMILES string of the molecule is CN(C(=O)O)c1ccc(/C=C/c2ccnc(I)c2)cc1. The third-order valence-corrected chi connectivity index (χ3v) is 3.38. The molecule has 102 valence electrons. The zero-order valence-electron chi connectivity index (χ0n) is 10.8. The first-order valence-electron chi connectivity index (χ1n) is 5.92. The summed E-state index contributed by atoms with van der Waals surface area (Å²) >= 11 is 2.17. The molecule has 20 heavy (non-hydrogen) atoms. The van der Waals surface area contributed by atoms with E-state index in [1.807, 2.05) is 36.4 Å². The fraction of sp³-hybridized carbons (Fsp3) is 0.0667. The molecule has 1 aromatic carbocycles. The van der Waals surface area contributed by atoms with Crippen molar-refractivity contribution in [2.75, 3.05) is 11.9 Å². The molecule has 0 bridgehead atoms. The second-order valence-electron chi connectivity index (χ2n) is 4.18. The highest BCUT2D eigenvalue weighted by Gasteiger charge is 2.06. The van der Waals surface area contributed by atoms with Crippen LogP contribution in [0, 0.1) is 3.70 Å². The maximum absolute atomic E-state index is 10.8. The van der Waals surface area contributed by atoms with Crippen molar-refractivity contribution in [2.45, 2.75) is 0 Å². The van der Waals surface area contributed by atoms with E-state index in [9.17, 15) is 4.79 Å². The van der Waals surface area contributed by atoms with Gasteiger partial charge in [-0.1, -0.05) is 24.3 Å². The number of pyridine rings is 1. The first-order valence-corrected chi connectivity index (χ1v) is 7.00. The number of carboxylic acid groups (broad SMARTS) is 1. The van der Waals surface area contributed by atoms with Crippen LogP contribution in [0.15, 0.2) is 42.6 Å². The summed E-state index contributed by atoms with van der Waals surface area (Å²) < 4.78 is 0.947. The second kappa shape index (κ2) is 6.51. The van der Waals surface area contributed by atoms with Crippen molar-refractivity contribution in [1.29, 1.82) is 0 Å². The first kappa shape index (κ1) is 14.5. The van der Waals surface area contributed by atoms with E-state index in [0.29, 0.717) is 5.69 Å². The van der Waals surface area contributed by atoms with Crippen LogP contribution >= 0.6 is 22.6 Å². The minimum absolute atomic E-state index is 0.646. The minimum atomic E-state index is -0.973. The predicted molar refractivity (Wildman–Crippen MR) is 88.8 cm³/mol. The number of hydrogen-bond acceptors (Lipinski definition) is 2. The fourth-order valence-electron chi connectivity index (χ4n) is 1.63. The van der Waals surface area contributed by atoms with E-state index < -0.39 is 6.09 Å². The van der Waals surface area contributed by atoms with Gasteiger partial charge in [0.25, 0.3) is 0 Å². The number of rotatable bonds is 3. The van der Waals surface area contributed by atoms with Gasteiger partial charge in [-0.3, -0.25) is 9.88 Å². The second-order valence-corrected chi connectivity index (χ2v) is 5.28. The highest BCUT2D eigenvalue weighted by molar-refractivity contribution is 14.1. The van der Waals surface area contributed by atoms with Crippen LogP contribution in [0.25, 0.3) is 12.2 Å². The molecular weight excluding hydrogens is 367 g/mol. The molecule has 1 heterocycles. The summed E-state index contributed by atoms with van der Waals surface area (Å²) in [6, 6.07) is 11.3.